The van der Waals surface area contributed by atoms with Crippen molar-refractivity contribution in [3.05, 3.63) is 49.7 Å². The van der Waals surface area contributed by atoms with E-state index >= 15 is 0 Å². The molecule has 0 aliphatic heterocycles. The number of rotatable bonds is 1. The van der Waals surface area contributed by atoms with Crippen LogP contribution < -0.4 is 0 Å². The van der Waals surface area contributed by atoms with Crippen LogP contribution in [0.1, 0.15) is 5.56 Å². The molecule has 1 aromatic carbocycles. The summed E-state index contributed by atoms with van der Waals surface area (Å²) in [6.07, 6.45) is -3.69. The maximum Gasteiger partial charge on any atom is 0.417 e. The van der Waals surface area contributed by atoms with Crippen LogP contribution in [0.25, 0.3) is 11.1 Å². The van der Waals surface area contributed by atoms with Crippen molar-refractivity contribution >= 4 is 47.0 Å². The van der Waals surface area contributed by atoms with Crippen LogP contribution in [-0.4, -0.2) is 4.98 Å². The lowest BCUT2D eigenvalue weighted by Gasteiger charge is -2.11. The highest BCUT2D eigenvalue weighted by Crippen LogP contribution is 2.37. The van der Waals surface area contributed by atoms with Gasteiger partial charge in [-0.2, -0.15) is 13.2 Å². The third-order valence-electron chi connectivity index (χ3n) is 2.53. The summed E-state index contributed by atoms with van der Waals surface area (Å²) in [4.78, 5) is 2.39. The Bertz CT molecular complexity index is 725. The van der Waals surface area contributed by atoms with Gasteiger partial charge in [-0.3, -0.25) is 0 Å². The van der Waals surface area contributed by atoms with E-state index in [0.29, 0.717) is 0 Å². The molecule has 1 N–H and O–H groups in total. The zero-order valence-electron chi connectivity index (χ0n) is 9.49. The fourth-order valence-electron chi connectivity index (χ4n) is 1.58. The van der Waals surface area contributed by atoms with Crippen molar-refractivity contribution in [1.82, 2.24) is 4.98 Å². The molecule has 0 amide bonds. The van der Waals surface area contributed by atoms with Gasteiger partial charge in [0, 0.05) is 17.3 Å². The molecule has 2 rings (SSSR count). The Labute approximate surface area is 132 Å². The molecule has 0 saturated heterocycles. The molecule has 1 nitrogen and oxygen atoms in total. The average Bonchev–Trinajstić information content (AvgIpc) is 2.33. The summed E-state index contributed by atoms with van der Waals surface area (Å²) >= 11 is 22.6. The third kappa shape index (κ3) is 3.11. The number of benzene rings is 1. The van der Waals surface area contributed by atoms with Crippen molar-refractivity contribution in [2.45, 2.75) is 6.18 Å². The van der Waals surface area contributed by atoms with Gasteiger partial charge in [-0.15, -0.1) is 0 Å². The highest BCUT2D eigenvalue weighted by molar-refractivity contribution is 7.71. The second kappa shape index (κ2) is 5.56. The fraction of sp³-hybridized carbons (Fsp3) is 0.0833. The number of hydrogen-bond acceptors (Lipinski definition) is 1. The summed E-state index contributed by atoms with van der Waals surface area (Å²) in [5.41, 5.74) is -0.435. The van der Waals surface area contributed by atoms with Gasteiger partial charge in [0.2, 0.25) is 0 Å². The largest absolute Gasteiger partial charge is 0.417 e. The van der Waals surface area contributed by atoms with Crippen molar-refractivity contribution in [2.75, 3.05) is 0 Å². The van der Waals surface area contributed by atoms with E-state index in [2.05, 4.69) is 4.98 Å². The molecule has 0 fully saturated rings. The molecule has 106 valence electrons. The molecule has 0 aliphatic rings. The minimum atomic E-state index is -4.49. The van der Waals surface area contributed by atoms with Crippen LogP contribution in [0, 0.1) is 4.64 Å². The number of hydrogen-bond donors (Lipinski definition) is 1. The lowest BCUT2D eigenvalue weighted by Crippen LogP contribution is -2.06. The van der Waals surface area contributed by atoms with Gasteiger partial charge in [-0.25, -0.2) is 0 Å². The molecule has 0 bridgehead atoms. The molecule has 1 heterocycles. The second-order valence-electron chi connectivity index (χ2n) is 3.88. The third-order valence-corrected chi connectivity index (χ3v) is 3.90. The molecule has 0 radical (unpaired) electrons. The first-order chi connectivity index (χ1) is 9.20. The monoisotopic (exact) mass is 357 g/mol. The first-order valence-electron chi connectivity index (χ1n) is 5.15. The van der Waals surface area contributed by atoms with Crippen LogP contribution in [0.3, 0.4) is 0 Å². The Morgan fingerprint density at radius 3 is 2.10 bits per heavy atom. The van der Waals surface area contributed by atoms with E-state index < -0.39 is 11.7 Å². The van der Waals surface area contributed by atoms with E-state index in [1.165, 1.54) is 12.1 Å². The first-order valence-corrected chi connectivity index (χ1v) is 6.69. The summed E-state index contributed by atoms with van der Waals surface area (Å²) in [5, 5.41) is 0.554. The van der Waals surface area contributed by atoms with Crippen molar-refractivity contribution < 1.29 is 13.2 Å². The molecule has 2 aromatic rings. The van der Waals surface area contributed by atoms with Crippen LogP contribution in [0.5, 0.6) is 0 Å². The zero-order valence-corrected chi connectivity index (χ0v) is 12.6. The number of pyridine rings is 1. The molecule has 8 heteroatoms. The Morgan fingerprint density at radius 2 is 1.50 bits per heavy atom. The average molecular weight is 359 g/mol. The molecular weight excluding hydrogens is 354 g/mol. The quantitative estimate of drug-likeness (QED) is 0.461. The number of nitrogens with one attached hydrogen (secondary N) is 1. The van der Waals surface area contributed by atoms with E-state index in [0.717, 1.165) is 12.3 Å². The van der Waals surface area contributed by atoms with E-state index in [4.69, 9.17) is 47.0 Å². The maximum atomic E-state index is 12.7. The van der Waals surface area contributed by atoms with Gasteiger partial charge < -0.3 is 4.98 Å². The van der Waals surface area contributed by atoms with Crippen molar-refractivity contribution in [3.8, 4) is 11.1 Å². The molecule has 0 atom stereocenters. The highest BCUT2D eigenvalue weighted by Gasteiger charge is 2.31. The fourth-order valence-corrected chi connectivity index (χ4v) is 2.45. The van der Waals surface area contributed by atoms with Gasteiger partial charge in [-0.1, -0.05) is 47.0 Å². The normalized spacial score (nSPS) is 11.7. The maximum absolute atomic E-state index is 12.7. The number of aromatic amines is 1. The number of H-pyrrole nitrogens is 1. The zero-order chi connectivity index (χ0) is 15.1. The summed E-state index contributed by atoms with van der Waals surface area (Å²) in [5.74, 6) is 0. The summed E-state index contributed by atoms with van der Waals surface area (Å²) < 4.78 is 38.3. The first kappa shape index (κ1) is 15.6. The molecular formula is C12H5Cl3F3NS. The van der Waals surface area contributed by atoms with E-state index in [1.807, 2.05) is 0 Å². The van der Waals surface area contributed by atoms with Gasteiger partial charge in [0.25, 0.3) is 0 Å². The van der Waals surface area contributed by atoms with Crippen LogP contribution >= 0.6 is 47.0 Å². The van der Waals surface area contributed by atoms with Crippen LogP contribution in [0.2, 0.25) is 15.1 Å². The number of halogens is 6. The standard InChI is InChI=1S/C12H5Cl3F3NS/c13-8-3-10(15)9(14)2-6(8)7-1-5(12(16,17)18)4-19-11(7)20/h1-4H,(H,19,20). The molecule has 1 aromatic heterocycles. The van der Waals surface area contributed by atoms with Crippen LogP contribution in [0.15, 0.2) is 24.4 Å². The topological polar surface area (TPSA) is 15.8 Å². The smallest absolute Gasteiger partial charge is 0.352 e. The number of alkyl halides is 3. The molecule has 0 unspecified atom stereocenters. The van der Waals surface area contributed by atoms with Gasteiger partial charge >= 0.3 is 6.18 Å². The summed E-state index contributed by atoms with van der Waals surface area (Å²) in [6.45, 7) is 0. The van der Waals surface area contributed by atoms with E-state index in [-0.39, 0.29) is 30.8 Å². The summed E-state index contributed by atoms with van der Waals surface area (Å²) in [6, 6.07) is 3.66. The predicted octanol–water partition coefficient (Wildman–Crippen LogP) is 6.39. The van der Waals surface area contributed by atoms with Crippen LogP contribution in [-0.2, 0) is 6.18 Å². The van der Waals surface area contributed by atoms with Gasteiger partial charge in [0.1, 0.15) is 4.64 Å². The Morgan fingerprint density at radius 1 is 0.900 bits per heavy atom. The molecule has 20 heavy (non-hydrogen) atoms. The molecule has 0 aliphatic carbocycles. The Balaban J connectivity index is 2.70. The lowest BCUT2D eigenvalue weighted by molar-refractivity contribution is -0.137. The molecule has 0 saturated carbocycles. The van der Waals surface area contributed by atoms with Crippen molar-refractivity contribution in [3.63, 3.8) is 0 Å². The molecule has 0 spiro atoms. The van der Waals surface area contributed by atoms with E-state index in [9.17, 15) is 13.2 Å². The predicted molar refractivity (Wildman–Crippen MR) is 77.1 cm³/mol. The second-order valence-corrected chi connectivity index (χ2v) is 5.50. The summed E-state index contributed by atoms with van der Waals surface area (Å²) in [7, 11) is 0. The van der Waals surface area contributed by atoms with Gasteiger partial charge in [0.15, 0.2) is 0 Å². The number of aromatic nitrogens is 1. The van der Waals surface area contributed by atoms with Gasteiger partial charge in [-0.05, 0) is 18.2 Å². The Kier molecular flexibility index (Phi) is 4.35. The van der Waals surface area contributed by atoms with Crippen molar-refractivity contribution in [1.29, 1.82) is 0 Å². The SMILES string of the molecule is FC(F)(F)c1c[nH]c(=S)c(-c2cc(Cl)c(Cl)cc2Cl)c1. The van der Waals surface area contributed by atoms with E-state index in [1.54, 1.807) is 0 Å². The highest BCUT2D eigenvalue weighted by atomic mass is 35.5. The lowest BCUT2D eigenvalue weighted by atomic mass is 10.1. The van der Waals surface area contributed by atoms with Crippen molar-refractivity contribution in [2.24, 2.45) is 0 Å². The van der Waals surface area contributed by atoms with Gasteiger partial charge in [0.05, 0.1) is 20.6 Å². The minimum absolute atomic E-state index is 0.123. The minimum Gasteiger partial charge on any atom is -0.352 e. The van der Waals surface area contributed by atoms with Crippen LogP contribution in [0.4, 0.5) is 13.2 Å². The Hall–Kier alpha value is -0.750.